The van der Waals surface area contributed by atoms with Gasteiger partial charge in [0.05, 0.1) is 50.7 Å². The molecule has 7 nitrogen and oxygen atoms in total. The van der Waals surface area contributed by atoms with E-state index in [0.717, 1.165) is 0 Å². The molecule has 7 heteroatoms. The van der Waals surface area contributed by atoms with E-state index in [9.17, 15) is 4.79 Å². The minimum Gasteiger partial charge on any atom is -0.486 e. The Bertz CT molecular complexity index is 984. The van der Waals surface area contributed by atoms with Gasteiger partial charge in [-0.1, -0.05) is 12.1 Å². The fraction of sp³-hybridized carbons (Fsp3) is 0.435. The molecule has 0 fully saturated rings. The number of aromatic amines is 1. The summed E-state index contributed by atoms with van der Waals surface area (Å²) in [4.78, 5) is 16.5. The van der Waals surface area contributed by atoms with Crippen molar-refractivity contribution in [1.82, 2.24) is 4.98 Å². The standard InChI is InChI=1S/C23H27NO6/c1-15-13-27-11-9-26-10-12-28-14-16(2)30-20-8-4-6-18-22(20)24-21-17(23(18)25)5-3-7-19(21)29-15/h3-8,15-16H,9-14H2,1-2H3,(H,24,25)/t15-,16-/m1/s1. The first-order valence-electron chi connectivity index (χ1n) is 10.3. The highest BCUT2D eigenvalue weighted by atomic mass is 16.6. The van der Waals surface area contributed by atoms with Gasteiger partial charge >= 0.3 is 0 Å². The molecule has 4 rings (SSSR count). The van der Waals surface area contributed by atoms with Gasteiger partial charge in [-0.05, 0) is 38.1 Å². The zero-order chi connectivity index (χ0) is 20.9. The zero-order valence-corrected chi connectivity index (χ0v) is 17.3. The molecule has 30 heavy (non-hydrogen) atoms. The molecule has 0 saturated heterocycles. The van der Waals surface area contributed by atoms with Crippen LogP contribution < -0.4 is 14.9 Å². The number of para-hydroxylation sites is 2. The van der Waals surface area contributed by atoms with Crippen LogP contribution >= 0.6 is 0 Å². The SMILES string of the molecule is C[C@@H]1COCCOCCOC[C@@H](C)Oc2cccc3c(=O)c4cccc(c4[nH]c23)O1. The van der Waals surface area contributed by atoms with Crippen LogP contribution in [0.25, 0.3) is 21.8 Å². The first-order valence-corrected chi connectivity index (χ1v) is 10.3. The van der Waals surface area contributed by atoms with Gasteiger partial charge in [-0.2, -0.15) is 0 Å². The van der Waals surface area contributed by atoms with Crippen molar-refractivity contribution in [3.63, 3.8) is 0 Å². The lowest BCUT2D eigenvalue weighted by Gasteiger charge is -2.19. The molecule has 0 saturated carbocycles. The Morgan fingerprint density at radius 2 is 1.20 bits per heavy atom. The van der Waals surface area contributed by atoms with Gasteiger partial charge in [-0.15, -0.1) is 0 Å². The lowest BCUT2D eigenvalue weighted by molar-refractivity contribution is -0.0114. The fourth-order valence-electron chi connectivity index (χ4n) is 3.50. The van der Waals surface area contributed by atoms with Crippen LogP contribution in [0.5, 0.6) is 11.5 Å². The average Bonchev–Trinajstić information content (AvgIpc) is 2.73. The molecular formula is C23H27NO6. The molecule has 3 aromatic rings. The molecule has 2 atom stereocenters. The van der Waals surface area contributed by atoms with Crippen LogP contribution in [0.15, 0.2) is 41.2 Å². The molecule has 1 N–H and O–H groups in total. The first-order chi connectivity index (χ1) is 14.6. The van der Waals surface area contributed by atoms with Gasteiger partial charge in [0.1, 0.15) is 23.7 Å². The number of nitrogens with one attached hydrogen (secondary N) is 1. The summed E-state index contributed by atoms with van der Waals surface area (Å²) < 4.78 is 29.0. The van der Waals surface area contributed by atoms with Crippen molar-refractivity contribution in [3.05, 3.63) is 46.6 Å². The summed E-state index contributed by atoms with van der Waals surface area (Å²) in [7, 11) is 0. The summed E-state index contributed by atoms with van der Waals surface area (Å²) in [5.74, 6) is 1.21. The lowest BCUT2D eigenvalue weighted by Crippen LogP contribution is -2.23. The van der Waals surface area contributed by atoms with E-state index in [-0.39, 0.29) is 17.6 Å². The number of ether oxygens (including phenoxy) is 5. The van der Waals surface area contributed by atoms with Crippen LogP contribution in [0.4, 0.5) is 0 Å². The third-order valence-electron chi connectivity index (χ3n) is 4.90. The van der Waals surface area contributed by atoms with Crippen molar-refractivity contribution in [2.75, 3.05) is 39.6 Å². The van der Waals surface area contributed by atoms with E-state index >= 15 is 0 Å². The summed E-state index contributed by atoms with van der Waals surface area (Å²) in [5.41, 5.74) is 1.23. The Morgan fingerprint density at radius 3 is 1.70 bits per heavy atom. The molecule has 2 heterocycles. The summed E-state index contributed by atoms with van der Waals surface area (Å²) in [6, 6.07) is 11.0. The third-order valence-corrected chi connectivity index (χ3v) is 4.90. The average molecular weight is 413 g/mol. The number of aromatic nitrogens is 1. The quantitative estimate of drug-likeness (QED) is 0.570. The molecule has 1 aliphatic rings. The van der Waals surface area contributed by atoms with E-state index in [0.29, 0.717) is 72.9 Å². The van der Waals surface area contributed by atoms with Crippen molar-refractivity contribution >= 4 is 21.8 Å². The van der Waals surface area contributed by atoms with Crippen molar-refractivity contribution < 1.29 is 23.7 Å². The molecule has 2 bridgehead atoms. The van der Waals surface area contributed by atoms with E-state index in [1.165, 1.54) is 0 Å². The highest BCUT2D eigenvalue weighted by Crippen LogP contribution is 2.29. The number of pyridine rings is 1. The van der Waals surface area contributed by atoms with Crippen molar-refractivity contribution in [1.29, 1.82) is 0 Å². The first kappa shape index (κ1) is 20.7. The Hall–Kier alpha value is -2.61. The Morgan fingerprint density at radius 1 is 0.733 bits per heavy atom. The largest absolute Gasteiger partial charge is 0.486 e. The molecule has 0 spiro atoms. The number of hydrogen-bond donors (Lipinski definition) is 1. The van der Waals surface area contributed by atoms with Crippen LogP contribution in [-0.4, -0.2) is 56.8 Å². The number of H-pyrrole nitrogens is 1. The van der Waals surface area contributed by atoms with Crippen LogP contribution in [0.2, 0.25) is 0 Å². The third kappa shape index (κ3) is 4.59. The monoisotopic (exact) mass is 413 g/mol. The predicted molar refractivity (Wildman–Crippen MR) is 115 cm³/mol. The van der Waals surface area contributed by atoms with E-state index < -0.39 is 0 Å². The smallest absolute Gasteiger partial charge is 0.197 e. The topological polar surface area (TPSA) is 79.0 Å². The molecule has 1 aromatic heterocycles. The molecule has 160 valence electrons. The number of hydrogen-bond acceptors (Lipinski definition) is 6. The van der Waals surface area contributed by atoms with Gasteiger partial charge < -0.3 is 28.7 Å². The maximum absolute atomic E-state index is 13.2. The Labute approximate surface area is 174 Å². The van der Waals surface area contributed by atoms with Crippen LogP contribution in [0.1, 0.15) is 13.8 Å². The van der Waals surface area contributed by atoms with Crippen molar-refractivity contribution in [2.45, 2.75) is 26.1 Å². The fourth-order valence-corrected chi connectivity index (χ4v) is 3.50. The van der Waals surface area contributed by atoms with Crippen LogP contribution in [0.3, 0.4) is 0 Å². The zero-order valence-electron chi connectivity index (χ0n) is 17.3. The molecule has 1 aliphatic heterocycles. The normalized spacial score (nSPS) is 21.8. The minimum absolute atomic E-state index is 0.0611. The maximum atomic E-state index is 13.2. The van der Waals surface area contributed by atoms with E-state index in [2.05, 4.69) is 4.98 Å². The molecule has 0 unspecified atom stereocenters. The maximum Gasteiger partial charge on any atom is 0.197 e. The van der Waals surface area contributed by atoms with Gasteiger partial charge in [-0.25, -0.2) is 0 Å². The van der Waals surface area contributed by atoms with E-state index in [4.69, 9.17) is 23.7 Å². The summed E-state index contributed by atoms with van der Waals surface area (Å²) in [6.07, 6.45) is -0.382. The molecule has 0 amide bonds. The van der Waals surface area contributed by atoms with Gasteiger partial charge in [0, 0.05) is 10.8 Å². The Kier molecular flexibility index (Phi) is 6.52. The van der Waals surface area contributed by atoms with Gasteiger partial charge in [0.15, 0.2) is 5.43 Å². The van der Waals surface area contributed by atoms with Gasteiger partial charge in [-0.3, -0.25) is 4.79 Å². The van der Waals surface area contributed by atoms with Crippen LogP contribution in [0, 0.1) is 0 Å². The summed E-state index contributed by atoms with van der Waals surface area (Å²) >= 11 is 0. The lowest BCUT2D eigenvalue weighted by atomic mass is 10.1. The summed E-state index contributed by atoms with van der Waals surface area (Å²) in [6.45, 7) is 6.65. The second kappa shape index (κ2) is 9.47. The molecule has 0 aliphatic carbocycles. The predicted octanol–water partition coefficient (Wildman–Crippen LogP) is 3.28. The van der Waals surface area contributed by atoms with Crippen molar-refractivity contribution in [2.24, 2.45) is 0 Å². The number of benzene rings is 2. The second-order valence-electron chi connectivity index (χ2n) is 7.43. The van der Waals surface area contributed by atoms with E-state index in [1.54, 1.807) is 12.1 Å². The van der Waals surface area contributed by atoms with Crippen molar-refractivity contribution in [3.8, 4) is 11.5 Å². The van der Waals surface area contributed by atoms with Gasteiger partial charge in [0.25, 0.3) is 0 Å². The molecule has 0 radical (unpaired) electrons. The Balaban J connectivity index is 1.78. The van der Waals surface area contributed by atoms with E-state index in [1.807, 2.05) is 38.1 Å². The van der Waals surface area contributed by atoms with Crippen LogP contribution in [-0.2, 0) is 14.2 Å². The second-order valence-corrected chi connectivity index (χ2v) is 7.43. The highest BCUT2D eigenvalue weighted by Gasteiger charge is 2.16. The van der Waals surface area contributed by atoms with Gasteiger partial charge in [0.2, 0.25) is 0 Å². The highest BCUT2D eigenvalue weighted by molar-refractivity contribution is 5.97. The minimum atomic E-state index is -0.191. The number of rotatable bonds is 0. The molecule has 2 aromatic carbocycles. The summed E-state index contributed by atoms with van der Waals surface area (Å²) in [5, 5.41) is 1.15. The molecular weight excluding hydrogens is 386 g/mol.